The first-order valence-corrected chi connectivity index (χ1v) is 12.1. The van der Waals surface area contributed by atoms with Crippen LogP contribution in [0.3, 0.4) is 0 Å². The number of nitrogens with one attached hydrogen (secondary N) is 2. The van der Waals surface area contributed by atoms with Crippen LogP contribution < -0.4 is 10.0 Å². The number of sulfonamides is 1. The number of amides is 1. The van der Waals surface area contributed by atoms with Crippen molar-refractivity contribution in [1.82, 2.24) is 9.97 Å². The Hall–Kier alpha value is -3.27. The highest BCUT2D eigenvalue weighted by Crippen LogP contribution is 2.35. The molecule has 0 unspecified atom stereocenters. The normalized spacial score (nSPS) is 11.2. The number of benzene rings is 2. The Balaban J connectivity index is 1.60. The van der Waals surface area contributed by atoms with Crippen molar-refractivity contribution in [3.63, 3.8) is 0 Å². The van der Waals surface area contributed by atoms with Gasteiger partial charge in [0, 0.05) is 17.3 Å². The zero-order chi connectivity index (χ0) is 22.7. The summed E-state index contributed by atoms with van der Waals surface area (Å²) >= 11 is 7.41. The van der Waals surface area contributed by atoms with E-state index >= 15 is 0 Å². The fraction of sp³-hybridized carbons (Fsp3) is 0.0455. The van der Waals surface area contributed by atoms with Crippen LogP contribution in [0.15, 0.2) is 77.8 Å². The van der Waals surface area contributed by atoms with Crippen LogP contribution in [0.2, 0.25) is 5.15 Å². The zero-order valence-corrected chi connectivity index (χ0v) is 19.1. The molecule has 0 saturated carbocycles. The van der Waals surface area contributed by atoms with Crippen LogP contribution in [0.1, 0.15) is 16.1 Å². The molecule has 4 rings (SSSR count). The standard InChI is InChI=1S/C22H17ClN4O3S2/c1-14-19(31-22(25-14)26-21(28)15-8-4-2-5-9-15)16-12-18(20(23)24-13-16)27-32(29,30)17-10-6-3-7-11-17/h2-13,27H,1H3,(H,25,26,28). The number of anilines is 2. The molecule has 2 aromatic carbocycles. The maximum atomic E-state index is 12.7. The first-order chi connectivity index (χ1) is 15.3. The van der Waals surface area contributed by atoms with Crippen LogP contribution in [0, 0.1) is 6.92 Å². The summed E-state index contributed by atoms with van der Waals surface area (Å²) in [5.74, 6) is -0.267. The molecule has 0 aliphatic carbocycles. The van der Waals surface area contributed by atoms with Crippen molar-refractivity contribution in [3.05, 3.63) is 89.3 Å². The van der Waals surface area contributed by atoms with Gasteiger partial charge in [0.2, 0.25) is 0 Å². The highest BCUT2D eigenvalue weighted by molar-refractivity contribution is 7.92. The molecule has 0 aliphatic rings. The Kier molecular flexibility index (Phi) is 6.22. The zero-order valence-electron chi connectivity index (χ0n) is 16.7. The molecule has 7 nitrogen and oxygen atoms in total. The van der Waals surface area contributed by atoms with E-state index in [1.54, 1.807) is 55.5 Å². The molecule has 0 saturated heterocycles. The number of pyridine rings is 1. The van der Waals surface area contributed by atoms with E-state index in [0.717, 1.165) is 4.88 Å². The highest BCUT2D eigenvalue weighted by atomic mass is 35.5. The van der Waals surface area contributed by atoms with E-state index in [-0.39, 0.29) is 21.6 Å². The van der Waals surface area contributed by atoms with Crippen LogP contribution in [0.25, 0.3) is 10.4 Å². The number of thiazole rings is 1. The van der Waals surface area contributed by atoms with Gasteiger partial charge in [-0.1, -0.05) is 59.3 Å². The Morgan fingerprint density at radius 2 is 1.69 bits per heavy atom. The van der Waals surface area contributed by atoms with E-state index in [4.69, 9.17) is 11.6 Å². The molecule has 2 N–H and O–H groups in total. The van der Waals surface area contributed by atoms with Gasteiger partial charge in [-0.15, -0.1) is 0 Å². The minimum atomic E-state index is -3.83. The van der Waals surface area contributed by atoms with Crippen LogP contribution >= 0.6 is 22.9 Å². The molecule has 4 aromatic rings. The number of hydrogen-bond acceptors (Lipinski definition) is 6. The third-order valence-electron chi connectivity index (χ3n) is 4.45. The molecular weight excluding hydrogens is 468 g/mol. The lowest BCUT2D eigenvalue weighted by Gasteiger charge is -2.10. The predicted octanol–water partition coefficient (Wildman–Crippen LogP) is 5.22. The molecule has 0 spiro atoms. The second kappa shape index (κ2) is 9.07. The number of carbonyl (C=O) groups is 1. The van der Waals surface area contributed by atoms with Gasteiger partial charge in [0.05, 0.1) is 21.2 Å². The van der Waals surface area contributed by atoms with Crippen molar-refractivity contribution in [2.75, 3.05) is 10.0 Å². The average molecular weight is 485 g/mol. The molecule has 0 aliphatic heterocycles. The predicted molar refractivity (Wildman–Crippen MR) is 127 cm³/mol. The summed E-state index contributed by atoms with van der Waals surface area (Å²) in [6.07, 6.45) is 1.53. The van der Waals surface area contributed by atoms with Crippen LogP contribution in [0.5, 0.6) is 0 Å². The molecule has 2 heterocycles. The van der Waals surface area contributed by atoms with Gasteiger partial charge in [0.25, 0.3) is 15.9 Å². The molecule has 0 radical (unpaired) electrons. The Labute approximate surface area is 194 Å². The molecule has 2 aromatic heterocycles. The van der Waals surface area contributed by atoms with Crippen LogP contribution in [0.4, 0.5) is 10.8 Å². The smallest absolute Gasteiger partial charge is 0.261 e. The number of rotatable bonds is 6. The Morgan fingerprint density at radius 1 is 1.03 bits per heavy atom. The van der Waals surface area contributed by atoms with Crippen LogP contribution in [-0.4, -0.2) is 24.3 Å². The lowest BCUT2D eigenvalue weighted by Crippen LogP contribution is -2.13. The number of nitrogens with zero attached hydrogens (tertiary/aromatic N) is 2. The Morgan fingerprint density at radius 3 is 2.38 bits per heavy atom. The van der Waals surface area contributed by atoms with Crippen molar-refractivity contribution in [3.8, 4) is 10.4 Å². The quantitative estimate of drug-likeness (QED) is 0.365. The minimum absolute atomic E-state index is 0.0213. The Bertz CT molecular complexity index is 1380. The molecular formula is C22H17ClN4O3S2. The van der Waals surface area contributed by atoms with Crippen LogP contribution in [-0.2, 0) is 10.0 Å². The monoisotopic (exact) mass is 484 g/mol. The van der Waals surface area contributed by atoms with E-state index < -0.39 is 10.0 Å². The lowest BCUT2D eigenvalue weighted by atomic mass is 10.2. The second-order valence-corrected chi connectivity index (χ2v) is 9.77. The molecule has 10 heteroatoms. The topological polar surface area (TPSA) is 101 Å². The summed E-state index contributed by atoms with van der Waals surface area (Å²) in [4.78, 5) is 21.8. The van der Waals surface area contributed by atoms with Crippen molar-refractivity contribution in [2.45, 2.75) is 11.8 Å². The summed E-state index contributed by atoms with van der Waals surface area (Å²) in [6.45, 7) is 1.80. The fourth-order valence-electron chi connectivity index (χ4n) is 2.92. The largest absolute Gasteiger partial charge is 0.298 e. The number of aryl methyl sites for hydroxylation is 1. The molecule has 0 fully saturated rings. The number of aromatic nitrogens is 2. The van der Waals surface area contributed by atoms with E-state index in [2.05, 4.69) is 20.0 Å². The third kappa shape index (κ3) is 4.80. The summed E-state index contributed by atoms with van der Waals surface area (Å²) < 4.78 is 27.8. The first-order valence-electron chi connectivity index (χ1n) is 9.41. The van der Waals surface area contributed by atoms with Gasteiger partial charge in [-0.3, -0.25) is 14.8 Å². The number of carbonyl (C=O) groups excluding carboxylic acids is 1. The molecule has 0 bridgehead atoms. The number of hydrogen-bond donors (Lipinski definition) is 2. The SMILES string of the molecule is Cc1nc(NC(=O)c2ccccc2)sc1-c1cnc(Cl)c(NS(=O)(=O)c2ccccc2)c1. The molecule has 162 valence electrons. The minimum Gasteiger partial charge on any atom is -0.298 e. The number of halogens is 1. The van der Waals surface area contributed by atoms with E-state index in [1.807, 2.05) is 6.07 Å². The van der Waals surface area contributed by atoms with Gasteiger partial charge in [0.1, 0.15) is 0 Å². The van der Waals surface area contributed by atoms with Crippen molar-refractivity contribution < 1.29 is 13.2 Å². The maximum absolute atomic E-state index is 12.7. The first kappa shape index (κ1) is 21.9. The maximum Gasteiger partial charge on any atom is 0.261 e. The van der Waals surface area contributed by atoms with Gasteiger partial charge >= 0.3 is 0 Å². The third-order valence-corrected chi connectivity index (χ3v) is 7.26. The highest BCUT2D eigenvalue weighted by Gasteiger charge is 2.19. The average Bonchev–Trinajstić information content (AvgIpc) is 3.16. The van der Waals surface area contributed by atoms with Gasteiger partial charge in [-0.25, -0.2) is 18.4 Å². The van der Waals surface area contributed by atoms with Gasteiger partial charge in [-0.05, 0) is 37.3 Å². The second-order valence-electron chi connectivity index (χ2n) is 6.73. The molecule has 0 atom stereocenters. The van der Waals surface area contributed by atoms with Crippen molar-refractivity contribution in [2.24, 2.45) is 0 Å². The summed E-state index contributed by atoms with van der Waals surface area (Å²) in [7, 11) is -3.83. The van der Waals surface area contributed by atoms with Gasteiger partial charge in [0.15, 0.2) is 10.3 Å². The molecule has 1 amide bonds. The van der Waals surface area contributed by atoms with Crippen molar-refractivity contribution in [1.29, 1.82) is 0 Å². The van der Waals surface area contributed by atoms with Gasteiger partial charge in [-0.2, -0.15) is 0 Å². The summed E-state index contributed by atoms with van der Waals surface area (Å²) in [5.41, 5.74) is 1.96. The summed E-state index contributed by atoms with van der Waals surface area (Å²) in [5, 5.41) is 3.23. The lowest BCUT2D eigenvalue weighted by molar-refractivity contribution is 0.102. The van der Waals surface area contributed by atoms with E-state index in [1.165, 1.54) is 29.7 Å². The molecule has 32 heavy (non-hydrogen) atoms. The van der Waals surface area contributed by atoms with Gasteiger partial charge < -0.3 is 0 Å². The van der Waals surface area contributed by atoms with E-state index in [9.17, 15) is 13.2 Å². The van der Waals surface area contributed by atoms with Crippen molar-refractivity contribution >= 4 is 49.7 Å². The summed E-state index contributed by atoms with van der Waals surface area (Å²) in [6, 6.07) is 18.4. The fourth-order valence-corrected chi connectivity index (χ4v) is 5.15. The van der Waals surface area contributed by atoms with E-state index in [0.29, 0.717) is 22.0 Å².